The molecule has 0 aromatic heterocycles. The Labute approximate surface area is 100 Å². The molecule has 1 atom stereocenters. The maximum atomic E-state index is 2.54. The van der Waals surface area contributed by atoms with Gasteiger partial charge in [0.1, 0.15) is 0 Å². The number of nitrogens with zero attached hydrogens (tertiary/aromatic N) is 1. The molecule has 0 aliphatic carbocycles. The zero-order valence-electron chi connectivity index (χ0n) is 10.9. The van der Waals surface area contributed by atoms with E-state index in [1.807, 2.05) is 0 Å². The van der Waals surface area contributed by atoms with Crippen LogP contribution < -0.4 is 0 Å². The Morgan fingerprint density at radius 3 is 2.31 bits per heavy atom. The number of rotatable bonds is 2. The highest BCUT2D eigenvalue weighted by Crippen LogP contribution is 2.17. The van der Waals surface area contributed by atoms with Crippen molar-refractivity contribution >= 4 is 0 Å². The van der Waals surface area contributed by atoms with E-state index in [2.05, 4.69) is 56.0 Å². The molecule has 90 valence electrons. The molecule has 0 bridgehead atoms. The van der Waals surface area contributed by atoms with Crippen molar-refractivity contribution in [3.05, 3.63) is 35.9 Å². The lowest BCUT2D eigenvalue weighted by molar-refractivity contribution is 0.320. The third kappa shape index (κ3) is 4.80. The van der Waals surface area contributed by atoms with E-state index >= 15 is 0 Å². The lowest BCUT2D eigenvalue weighted by Crippen LogP contribution is -2.19. The van der Waals surface area contributed by atoms with Gasteiger partial charge in [-0.25, -0.2) is 0 Å². The van der Waals surface area contributed by atoms with E-state index in [0.29, 0.717) is 0 Å². The third-order valence-corrected chi connectivity index (χ3v) is 2.76. The summed E-state index contributed by atoms with van der Waals surface area (Å²) in [6, 6.07) is 10.7. The van der Waals surface area contributed by atoms with Gasteiger partial charge in [0.2, 0.25) is 0 Å². The summed E-state index contributed by atoms with van der Waals surface area (Å²) in [6.45, 7) is 10.3. The molecule has 0 spiro atoms. The van der Waals surface area contributed by atoms with Crippen LogP contribution >= 0.6 is 0 Å². The molecule has 0 N–H and O–H groups in total. The highest BCUT2D eigenvalue weighted by molar-refractivity contribution is 5.14. The molecule has 1 saturated heterocycles. The van der Waals surface area contributed by atoms with Crippen LogP contribution in [0.25, 0.3) is 0 Å². The Hall–Kier alpha value is -0.820. The number of hydrogen-bond acceptors (Lipinski definition) is 1. The van der Waals surface area contributed by atoms with Gasteiger partial charge in [-0.05, 0) is 24.4 Å². The summed E-state index contributed by atoms with van der Waals surface area (Å²) < 4.78 is 0. The van der Waals surface area contributed by atoms with Crippen LogP contribution in [0.4, 0.5) is 0 Å². The molecule has 1 fully saturated rings. The minimum absolute atomic E-state index is 0.892. The predicted octanol–water partition coefficient (Wildman–Crippen LogP) is 3.94. The first-order chi connectivity index (χ1) is 7.76. The Balaban J connectivity index is 0.000000386. The minimum atomic E-state index is 0.892. The lowest BCUT2D eigenvalue weighted by Gasteiger charge is -2.14. The molecule has 1 aromatic carbocycles. The number of likely N-dealkylation sites (tertiary alicyclic amines) is 1. The van der Waals surface area contributed by atoms with E-state index in [4.69, 9.17) is 0 Å². The maximum Gasteiger partial charge on any atom is 0.0233 e. The van der Waals surface area contributed by atoms with Crippen LogP contribution in [-0.2, 0) is 6.54 Å². The molecular formula is C15H25N. The molecule has 1 nitrogen and oxygen atoms in total. The van der Waals surface area contributed by atoms with Gasteiger partial charge < -0.3 is 0 Å². The molecule has 1 aliphatic heterocycles. The van der Waals surface area contributed by atoms with Gasteiger partial charge in [-0.1, -0.05) is 57.5 Å². The van der Waals surface area contributed by atoms with Crippen molar-refractivity contribution in [3.8, 4) is 0 Å². The topological polar surface area (TPSA) is 3.24 Å². The first kappa shape index (κ1) is 13.2. The summed E-state index contributed by atoms with van der Waals surface area (Å²) >= 11 is 0. The second-order valence-electron chi connectivity index (χ2n) is 4.82. The minimum Gasteiger partial charge on any atom is -0.299 e. The van der Waals surface area contributed by atoms with E-state index in [0.717, 1.165) is 12.5 Å². The number of hydrogen-bond donors (Lipinski definition) is 0. The molecule has 0 amide bonds. The van der Waals surface area contributed by atoms with Gasteiger partial charge >= 0.3 is 0 Å². The first-order valence-electron chi connectivity index (χ1n) is 6.52. The Kier molecular flexibility index (Phi) is 6.17. The molecule has 2 rings (SSSR count). The van der Waals surface area contributed by atoms with Gasteiger partial charge in [-0.15, -0.1) is 0 Å². The van der Waals surface area contributed by atoms with Crippen LogP contribution in [0, 0.1) is 5.92 Å². The van der Waals surface area contributed by atoms with Crippen LogP contribution in [0.5, 0.6) is 0 Å². The van der Waals surface area contributed by atoms with E-state index in [-0.39, 0.29) is 0 Å². The summed E-state index contributed by atoms with van der Waals surface area (Å²) in [5.41, 5.74) is 1.44. The van der Waals surface area contributed by atoms with Crippen molar-refractivity contribution < 1.29 is 0 Å². The average Bonchev–Trinajstić information content (AvgIpc) is 2.67. The summed E-state index contributed by atoms with van der Waals surface area (Å²) in [5, 5.41) is 0. The van der Waals surface area contributed by atoms with E-state index in [1.54, 1.807) is 0 Å². The third-order valence-electron chi connectivity index (χ3n) is 2.76. The largest absolute Gasteiger partial charge is 0.299 e. The smallest absolute Gasteiger partial charge is 0.0233 e. The average molecular weight is 219 g/mol. The normalized spacial score (nSPS) is 20.3. The van der Waals surface area contributed by atoms with Gasteiger partial charge in [0.15, 0.2) is 0 Å². The Bertz CT molecular complexity index is 268. The molecule has 16 heavy (non-hydrogen) atoms. The molecule has 0 unspecified atom stereocenters. The second-order valence-corrected chi connectivity index (χ2v) is 4.82. The molecule has 1 aliphatic rings. The standard InChI is InChI=1S/C12H17N.C3H8/c1-11-7-8-13(9-11)10-12-5-3-2-4-6-12;1-3-2/h2-6,11H,7-10H2,1H3;3H2,1-2H3/t11-;/m1./s1. The van der Waals surface area contributed by atoms with Gasteiger partial charge in [-0.3, -0.25) is 4.90 Å². The zero-order chi connectivity index (χ0) is 11.8. The van der Waals surface area contributed by atoms with Gasteiger partial charge in [0.25, 0.3) is 0 Å². The second kappa shape index (κ2) is 7.45. The summed E-state index contributed by atoms with van der Waals surface area (Å²) in [6.07, 6.45) is 2.62. The van der Waals surface area contributed by atoms with Crippen LogP contribution in [-0.4, -0.2) is 18.0 Å². The predicted molar refractivity (Wildman–Crippen MR) is 71.5 cm³/mol. The van der Waals surface area contributed by atoms with Gasteiger partial charge in [0, 0.05) is 13.1 Å². The van der Waals surface area contributed by atoms with Crippen molar-refractivity contribution in [2.75, 3.05) is 13.1 Å². The van der Waals surface area contributed by atoms with Crippen LogP contribution in [0.3, 0.4) is 0 Å². The van der Waals surface area contributed by atoms with E-state index in [9.17, 15) is 0 Å². The summed E-state index contributed by atoms with van der Waals surface area (Å²) in [5.74, 6) is 0.892. The molecule has 1 heteroatoms. The van der Waals surface area contributed by atoms with Gasteiger partial charge in [-0.2, -0.15) is 0 Å². The highest BCUT2D eigenvalue weighted by Gasteiger charge is 2.17. The molecule has 0 radical (unpaired) electrons. The Morgan fingerprint density at radius 2 is 1.81 bits per heavy atom. The van der Waals surface area contributed by atoms with E-state index in [1.165, 1.54) is 31.5 Å². The SMILES string of the molecule is CCC.C[C@@H]1CCN(Cc2ccccc2)C1. The lowest BCUT2D eigenvalue weighted by atomic mass is 10.2. The van der Waals surface area contributed by atoms with Crippen molar-refractivity contribution in [2.45, 2.75) is 40.2 Å². The fourth-order valence-electron chi connectivity index (χ4n) is 2.01. The van der Waals surface area contributed by atoms with Crippen molar-refractivity contribution in [1.29, 1.82) is 0 Å². The molecular weight excluding hydrogens is 194 g/mol. The first-order valence-corrected chi connectivity index (χ1v) is 6.52. The fraction of sp³-hybridized carbons (Fsp3) is 0.600. The summed E-state index contributed by atoms with van der Waals surface area (Å²) in [4.78, 5) is 2.54. The zero-order valence-corrected chi connectivity index (χ0v) is 10.9. The van der Waals surface area contributed by atoms with Gasteiger partial charge in [0.05, 0.1) is 0 Å². The number of benzene rings is 1. The molecule has 1 aromatic rings. The molecule has 0 saturated carbocycles. The fourth-order valence-corrected chi connectivity index (χ4v) is 2.01. The van der Waals surface area contributed by atoms with Crippen LogP contribution in [0.2, 0.25) is 0 Å². The van der Waals surface area contributed by atoms with Crippen molar-refractivity contribution in [3.63, 3.8) is 0 Å². The molecule has 1 heterocycles. The quantitative estimate of drug-likeness (QED) is 0.728. The van der Waals surface area contributed by atoms with Crippen molar-refractivity contribution in [2.24, 2.45) is 5.92 Å². The maximum absolute atomic E-state index is 2.54. The highest BCUT2D eigenvalue weighted by atomic mass is 15.1. The van der Waals surface area contributed by atoms with Crippen LogP contribution in [0.1, 0.15) is 39.2 Å². The van der Waals surface area contributed by atoms with Crippen molar-refractivity contribution in [1.82, 2.24) is 4.90 Å². The van der Waals surface area contributed by atoms with E-state index < -0.39 is 0 Å². The Morgan fingerprint density at radius 1 is 1.19 bits per heavy atom. The monoisotopic (exact) mass is 219 g/mol. The summed E-state index contributed by atoms with van der Waals surface area (Å²) in [7, 11) is 0. The van der Waals surface area contributed by atoms with Crippen LogP contribution in [0.15, 0.2) is 30.3 Å².